The van der Waals surface area contributed by atoms with E-state index in [2.05, 4.69) is 15.2 Å². The van der Waals surface area contributed by atoms with Gasteiger partial charge in [0.15, 0.2) is 0 Å². The summed E-state index contributed by atoms with van der Waals surface area (Å²) in [5, 5.41) is 4.41. The van der Waals surface area contributed by atoms with E-state index in [-0.39, 0.29) is 16.1 Å². The van der Waals surface area contributed by atoms with Crippen LogP contribution in [0.4, 0.5) is 5.69 Å². The van der Waals surface area contributed by atoms with E-state index in [4.69, 9.17) is 16.3 Å². The highest BCUT2D eigenvalue weighted by Gasteiger charge is 2.18. The van der Waals surface area contributed by atoms with Gasteiger partial charge in [-0.15, -0.1) is 0 Å². The highest BCUT2D eigenvalue weighted by atomic mass is 35.5. The molecule has 0 aliphatic rings. The van der Waals surface area contributed by atoms with Crippen LogP contribution < -0.4 is 14.9 Å². The van der Waals surface area contributed by atoms with Gasteiger partial charge in [-0.25, -0.2) is 13.8 Å². The van der Waals surface area contributed by atoms with E-state index in [1.807, 2.05) is 54.6 Å². The van der Waals surface area contributed by atoms with Gasteiger partial charge in [0.25, 0.3) is 15.9 Å². The third-order valence-electron chi connectivity index (χ3n) is 5.05. The van der Waals surface area contributed by atoms with Crippen molar-refractivity contribution in [2.24, 2.45) is 5.10 Å². The second-order valence-electron chi connectivity index (χ2n) is 7.65. The number of hydrogen-bond acceptors (Lipinski definition) is 5. The molecule has 0 fully saturated rings. The van der Waals surface area contributed by atoms with E-state index in [1.165, 1.54) is 42.6 Å². The first-order valence-corrected chi connectivity index (χ1v) is 12.7. The quantitative estimate of drug-likeness (QED) is 0.226. The lowest BCUT2D eigenvalue weighted by Gasteiger charge is -2.11. The van der Waals surface area contributed by atoms with Crippen molar-refractivity contribution in [3.05, 3.63) is 125 Å². The van der Waals surface area contributed by atoms with Gasteiger partial charge >= 0.3 is 0 Å². The molecule has 0 heterocycles. The van der Waals surface area contributed by atoms with Gasteiger partial charge in [-0.2, -0.15) is 5.10 Å². The number of hydrogen-bond donors (Lipinski definition) is 2. The number of rotatable bonds is 9. The Morgan fingerprint density at radius 1 is 0.861 bits per heavy atom. The molecule has 4 aromatic rings. The molecule has 0 atom stereocenters. The Hall–Kier alpha value is -4.14. The summed E-state index contributed by atoms with van der Waals surface area (Å²) in [7, 11) is -3.92. The molecule has 0 saturated carbocycles. The Kier molecular flexibility index (Phi) is 7.99. The smallest absolute Gasteiger partial charge is 0.273 e. The number of para-hydroxylation sites is 1. The summed E-state index contributed by atoms with van der Waals surface area (Å²) in [4.78, 5) is 12.7. The van der Waals surface area contributed by atoms with Gasteiger partial charge in [-0.05, 0) is 71.8 Å². The zero-order valence-corrected chi connectivity index (χ0v) is 20.5. The number of carbonyl (C=O) groups is 1. The molecule has 36 heavy (non-hydrogen) atoms. The zero-order valence-electron chi connectivity index (χ0n) is 19.0. The molecule has 0 saturated heterocycles. The number of hydrazone groups is 1. The van der Waals surface area contributed by atoms with Gasteiger partial charge in [0.1, 0.15) is 12.4 Å². The lowest BCUT2D eigenvalue weighted by Crippen LogP contribution is -2.21. The summed E-state index contributed by atoms with van der Waals surface area (Å²) < 4.78 is 33.6. The minimum atomic E-state index is -3.92. The van der Waals surface area contributed by atoms with E-state index >= 15 is 0 Å². The summed E-state index contributed by atoms with van der Waals surface area (Å²) in [6, 6.07) is 29.1. The van der Waals surface area contributed by atoms with Crippen LogP contribution in [0.3, 0.4) is 0 Å². The Morgan fingerprint density at radius 2 is 1.53 bits per heavy atom. The monoisotopic (exact) mass is 519 g/mol. The summed E-state index contributed by atoms with van der Waals surface area (Å²) >= 11 is 5.84. The van der Waals surface area contributed by atoms with E-state index in [9.17, 15) is 13.2 Å². The van der Waals surface area contributed by atoms with E-state index in [0.717, 1.165) is 11.1 Å². The van der Waals surface area contributed by atoms with Crippen LogP contribution in [0.5, 0.6) is 5.75 Å². The number of halogens is 1. The Labute approximate surface area is 214 Å². The first-order chi connectivity index (χ1) is 17.4. The lowest BCUT2D eigenvalue weighted by atomic mass is 10.2. The lowest BCUT2D eigenvalue weighted by molar-refractivity contribution is 0.0956. The molecule has 0 radical (unpaired) electrons. The fraction of sp³-hybridized carbons (Fsp3) is 0.0370. The van der Waals surface area contributed by atoms with Gasteiger partial charge in [0.2, 0.25) is 0 Å². The number of nitrogens with zero attached hydrogens (tertiary/aromatic N) is 1. The molecule has 4 rings (SSSR count). The van der Waals surface area contributed by atoms with Crippen LogP contribution in [0, 0.1) is 0 Å². The predicted octanol–water partition coefficient (Wildman–Crippen LogP) is 5.48. The highest BCUT2D eigenvalue weighted by Crippen LogP contribution is 2.21. The van der Waals surface area contributed by atoms with Crippen LogP contribution in [0.1, 0.15) is 21.5 Å². The largest absolute Gasteiger partial charge is 0.489 e. The van der Waals surface area contributed by atoms with Gasteiger partial charge in [-0.1, -0.05) is 54.1 Å². The second-order valence-corrected chi connectivity index (χ2v) is 9.77. The molecule has 4 aromatic carbocycles. The topological polar surface area (TPSA) is 96.9 Å². The van der Waals surface area contributed by atoms with E-state index in [0.29, 0.717) is 17.4 Å². The van der Waals surface area contributed by atoms with E-state index < -0.39 is 15.9 Å². The highest BCUT2D eigenvalue weighted by molar-refractivity contribution is 7.92. The van der Waals surface area contributed by atoms with Gasteiger partial charge in [0, 0.05) is 5.02 Å². The number of ether oxygens (including phenoxy) is 1. The average molecular weight is 520 g/mol. The average Bonchev–Trinajstić information content (AvgIpc) is 2.89. The van der Waals surface area contributed by atoms with Crippen molar-refractivity contribution in [1.29, 1.82) is 0 Å². The SMILES string of the molecule is O=C(N/N=C/c1ccc(OCc2ccccc2)cc1)c1ccccc1NS(=O)(=O)c1ccc(Cl)cc1. The molecular formula is C27H22ClN3O4S. The molecule has 1 amide bonds. The first-order valence-electron chi connectivity index (χ1n) is 10.9. The normalized spacial score (nSPS) is 11.2. The molecule has 0 spiro atoms. The number of benzene rings is 4. The van der Waals surface area contributed by atoms with Crippen LogP contribution in [-0.4, -0.2) is 20.5 Å². The van der Waals surface area contributed by atoms with Gasteiger partial charge in [-0.3, -0.25) is 9.52 Å². The molecule has 182 valence electrons. The molecule has 7 nitrogen and oxygen atoms in total. The molecule has 2 N–H and O–H groups in total. The number of nitrogens with one attached hydrogen (secondary N) is 2. The van der Waals surface area contributed by atoms with Crippen LogP contribution in [-0.2, 0) is 16.6 Å². The van der Waals surface area contributed by atoms with Crippen LogP contribution >= 0.6 is 11.6 Å². The van der Waals surface area contributed by atoms with Crippen LogP contribution in [0.15, 0.2) is 113 Å². The third kappa shape index (κ3) is 6.71. The Bertz CT molecular complexity index is 1460. The third-order valence-corrected chi connectivity index (χ3v) is 6.68. The molecule has 0 aliphatic heterocycles. The fourth-order valence-electron chi connectivity index (χ4n) is 3.20. The molecule has 0 aliphatic carbocycles. The van der Waals surface area contributed by atoms with Crippen molar-refractivity contribution in [2.75, 3.05) is 4.72 Å². The maximum absolute atomic E-state index is 12.7. The number of anilines is 1. The summed E-state index contributed by atoms with van der Waals surface area (Å²) in [5.74, 6) is 0.144. The molecule has 0 unspecified atom stereocenters. The second kappa shape index (κ2) is 11.5. The molecule has 0 aromatic heterocycles. The predicted molar refractivity (Wildman–Crippen MR) is 141 cm³/mol. The summed E-state index contributed by atoms with van der Waals surface area (Å²) in [5.41, 5.74) is 4.50. The van der Waals surface area contributed by atoms with Crippen molar-refractivity contribution < 1.29 is 17.9 Å². The van der Waals surface area contributed by atoms with Crippen molar-refractivity contribution in [1.82, 2.24) is 5.43 Å². The number of carbonyl (C=O) groups excluding carboxylic acids is 1. The number of sulfonamides is 1. The molecule has 9 heteroatoms. The summed E-state index contributed by atoms with van der Waals surface area (Å²) in [6.07, 6.45) is 1.49. The van der Waals surface area contributed by atoms with Gasteiger partial charge < -0.3 is 4.74 Å². The fourth-order valence-corrected chi connectivity index (χ4v) is 4.41. The summed E-state index contributed by atoms with van der Waals surface area (Å²) in [6.45, 7) is 0.464. The molecule has 0 bridgehead atoms. The van der Waals surface area contributed by atoms with Gasteiger partial charge in [0.05, 0.1) is 22.4 Å². The van der Waals surface area contributed by atoms with E-state index in [1.54, 1.807) is 12.1 Å². The zero-order chi connectivity index (χ0) is 25.4. The van der Waals surface area contributed by atoms with Crippen LogP contribution in [0.25, 0.3) is 0 Å². The standard InChI is InChI=1S/C27H22ClN3O4S/c28-22-12-16-24(17-13-22)36(33,34)31-26-9-5-4-8-25(26)27(32)30-29-18-20-10-14-23(15-11-20)35-19-21-6-2-1-3-7-21/h1-18,31H,19H2,(H,30,32)/b29-18+. The van der Waals surface area contributed by atoms with Crippen molar-refractivity contribution >= 4 is 39.4 Å². The van der Waals surface area contributed by atoms with Crippen LogP contribution in [0.2, 0.25) is 5.02 Å². The van der Waals surface area contributed by atoms with Crippen molar-refractivity contribution in [3.8, 4) is 5.75 Å². The Balaban J connectivity index is 1.37. The maximum Gasteiger partial charge on any atom is 0.273 e. The first kappa shape index (κ1) is 25.0. The van der Waals surface area contributed by atoms with Crippen molar-refractivity contribution in [3.63, 3.8) is 0 Å². The molecular weight excluding hydrogens is 498 g/mol. The minimum Gasteiger partial charge on any atom is -0.489 e. The minimum absolute atomic E-state index is 0.0244. The maximum atomic E-state index is 12.7. The van der Waals surface area contributed by atoms with Crippen molar-refractivity contribution in [2.45, 2.75) is 11.5 Å². The number of amides is 1. The Morgan fingerprint density at radius 3 is 2.25 bits per heavy atom.